The highest BCUT2D eigenvalue weighted by Gasteiger charge is 2.26. The van der Waals surface area contributed by atoms with E-state index in [9.17, 15) is 5.11 Å². The molecule has 1 heterocycles. The van der Waals surface area contributed by atoms with Crippen LogP contribution in [0, 0.1) is 0 Å². The van der Waals surface area contributed by atoms with Crippen LogP contribution in [-0.4, -0.2) is 34.0 Å². The lowest BCUT2D eigenvalue weighted by atomic mass is 9.91. The van der Waals surface area contributed by atoms with Gasteiger partial charge in [0, 0.05) is 22.3 Å². The quantitative estimate of drug-likeness (QED) is 0.518. The minimum Gasteiger partial charge on any atom is -0.394 e. The summed E-state index contributed by atoms with van der Waals surface area (Å²) in [5.41, 5.74) is -0.137. The molecule has 0 saturated heterocycles. The second-order valence-corrected chi connectivity index (χ2v) is 7.39. The molecule has 3 nitrogen and oxygen atoms in total. The molecule has 1 atom stereocenters. The summed E-state index contributed by atoms with van der Waals surface area (Å²) in [6.45, 7) is 6.58. The number of nitrogens with zero attached hydrogens (tertiary/aromatic N) is 1. The van der Waals surface area contributed by atoms with Crippen LogP contribution in [0.25, 0.3) is 0 Å². The average molecular weight is 361 g/mol. The Kier molecular flexibility index (Phi) is 8.10. The zero-order valence-electron chi connectivity index (χ0n) is 12.5. The first-order valence-corrected chi connectivity index (χ1v) is 8.92. The number of pyridine rings is 1. The van der Waals surface area contributed by atoms with Crippen LogP contribution in [0.2, 0.25) is 0 Å². The van der Waals surface area contributed by atoms with E-state index < -0.39 is 0 Å². The minimum atomic E-state index is -0.137. The number of aliphatic hydroxyl groups is 1. The number of thioether (sulfide) groups is 1. The van der Waals surface area contributed by atoms with Gasteiger partial charge in [-0.15, -0.1) is 11.8 Å². The van der Waals surface area contributed by atoms with Crippen LogP contribution in [0.15, 0.2) is 27.8 Å². The molecule has 1 aromatic heterocycles. The smallest absolute Gasteiger partial charge is 0.0960 e. The van der Waals surface area contributed by atoms with Crippen molar-refractivity contribution in [3.05, 3.63) is 22.8 Å². The fourth-order valence-electron chi connectivity index (χ4n) is 2.23. The summed E-state index contributed by atoms with van der Waals surface area (Å²) in [5.74, 6) is 1.02. The van der Waals surface area contributed by atoms with Crippen molar-refractivity contribution in [2.45, 2.75) is 56.6 Å². The van der Waals surface area contributed by atoms with E-state index in [1.165, 1.54) is 0 Å². The monoisotopic (exact) mass is 360 g/mol. The molecule has 0 aliphatic carbocycles. The molecule has 5 heteroatoms. The molecule has 0 fully saturated rings. The fourth-order valence-corrected chi connectivity index (χ4v) is 3.26. The maximum absolute atomic E-state index is 9.69. The molecule has 0 bridgehead atoms. The van der Waals surface area contributed by atoms with E-state index >= 15 is 0 Å². The van der Waals surface area contributed by atoms with E-state index in [4.69, 9.17) is 0 Å². The van der Waals surface area contributed by atoms with Gasteiger partial charge in [0.15, 0.2) is 0 Å². The van der Waals surface area contributed by atoms with Crippen molar-refractivity contribution in [3.8, 4) is 0 Å². The molecule has 0 spiro atoms. The SMILES string of the molecule is CCC(CO)(CCCSc1ccc(Br)cn1)NC(C)C. The molecule has 0 saturated carbocycles. The van der Waals surface area contributed by atoms with Crippen molar-refractivity contribution in [2.24, 2.45) is 0 Å². The van der Waals surface area contributed by atoms with Gasteiger partial charge in [0.1, 0.15) is 0 Å². The minimum absolute atomic E-state index is 0.137. The number of rotatable bonds is 9. The summed E-state index contributed by atoms with van der Waals surface area (Å²) >= 11 is 5.16. The molecule has 114 valence electrons. The third-order valence-electron chi connectivity index (χ3n) is 3.32. The van der Waals surface area contributed by atoms with Crippen LogP contribution >= 0.6 is 27.7 Å². The molecular formula is C15H25BrN2OS. The standard InChI is InChI=1S/C15H25BrN2OS/c1-4-15(11-19,18-12(2)3)8-5-9-20-14-7-6-13(16)10-17-14/h6-7,10,12,18-19H,4-5,8-9,11H2,1-3H3. The summed E-state index contributed by atoms with van der Waals surface area (Å²) < 4.78 is 1.01. The van der Waals surface area contributed by atoms with Gasteiger partial charge < -0.3 is 10.4 Å². The highest BCUT2D eigenvalue weighted by atomic mass is 79.9. The van der Waals surface area contributed by atoms with Gasteiger partial charge in [-0.1, -0.05) is 20.8 Å². The maximum Gasteiger partial charge on any atom is 0.0960 e. The molecule has 1 rings (SSSR count). The molecule has 0 aliphatic rings. The second-order valence-electron chi connectivity index (χ2n) is 5.36. The lowest BCUT2D eigenvalue weighted by Crippen LogP contribution is -2.51. The molecule has 2 N–H and O–H groups in total. The van der Waals surface area contributed by atoms with Crippen molar-refractivity contribution >= 4 is 27.7 Å². The van der Waals surface area contributed by atoms with Crippen molar-refractivity contribution in [3.63, 3.8) is 0 Å². The van der Waals surface area contributed by atoms with Gasteiger partial charge in [-0.25, -0.2) is 4.98 Å². The number of nitrogens with one attached hydrogen (secondary N) is 1. The molecule has 1 unspecified atom stereocenters. The van der Waals surface area contributed by atoms with Gasteiger partial charge in [-0.2, -0.15) is 0 Å². The Balaban J connectivity index is 2.38. The van der Waals surface area contributed by atoms with E-state index in [1.807, 2.05) is 18.3 Å². The molecule has 20 heavy (non-hydrogen) atoms. The third-order valence-corrected chi connectivity index (χ3v) is 4.82. The van der Waals surface area contributed by atoms with Crippen LogP contribution < -0.4 is 5.32 Å². The highest BCUT2D eigenvalue weighted by Crippen LogP contribution is 2.23. The average Bonchev–Trinajstić information content (AvgIpc) is 2.44. The van der Waals surface area contributed by atoms with Crippen LogP contribution in [0.1, 0.15) is 40.0 Å². The largest absolute Gasteiger partial charge is 0.394 e. The Morgan fingerprint density at radius 2 is 2.20 bits per heavy atom. The van der Waals surface area contributed by atoms with Crippen LogP contribution in [0.5, 0.6) is 0 Å². The van der Waals surface area contributed by atoms with Gasteiger partial charge in [0.05, 0.1) is 11.6 Å². The highest BCUT2D eigenvalue weighted by molar-refractivity contribution is 9.10. The number of hydrogen-bond acceptors (Lipinski definition) is 4. The zero-order valence-corrected chi connectivity index (χ0v) is 14.9. The van der Waals surface area contributed by atoms with E-state index in [-0.39, 0.29) is 12.1 Å². The van der Waals surface area contributed by atoms with Crippen LogP contribution in [0.4, 0.5) is 0 Å². The van der Waals surface area contributed by atoms with Gasteiger partial charge in [-0.05, 0) is 53.1 Å². The normalized spacial score (nSPS) is 14.5. The second kappa shape index (κ2) is 9.03. The Labute approximate surface area is 135 Å². The summed E-state index contributed by atoms with van der Waals surface area (Å²) in [6.07, 6.45) is 4.83. The zero-order chi connectivity index (χ0) is 15.0. The molecule has 0 aromatic carbocycles. The summed E-state index contributed by atoms with van der Waals surface area (Å²) in [4.78, 5) is 4.35. The van der Waals surface area contributed by atoms with E-state index in [0.717, 1.165) is 34.5 Å². The van der Waals surface area contributed by atoms with E-state index in [1.54, 1.807) is 11.8 Å². The molecule has 1 aromatic rings. The molecular weight excluding hydrogens is 336 g/mol. The lowest BCUT2D eigenvalue weighted by Gasteiger charge is -2.34. The van der Waals surface area contributed by atoms with E-state index in [0.29, 0.717) is 6.04 Å². The van der Waals surface area contributed by atoms with E-state index in [2.05, 4.69) is 47.0 Å². The maximum atomic E-state index is 9.69. The fraction of sp³-hybridized carbons (Fsp3) is 0.667. The molecule has 0 radical (unpaired) electrons. The third kappa shape index (κ3) is 6.12. The van der Waals surface area contributed by atoms with Crippen LogP contribution in [-0.2, 0) is 0 Å². The first-order valence-electron chi connectivity index (χ1n) is 7.14. The number of aliphatic hydroxyl groups excluding tert-OH is 1. The summed E-state index contributed by atoms with van der Waals surface area (Å²) in [6, 6.07) is 4.43. The molecule has 0 amide bonds. The van der Waals surface area contributed by atoms with Gasteiger partial charge in [-0.3, -0.25) is 0 Å². The van der Waals surface area contributed by atoms with Crippen molar-refractivity contribution < 1.29 is 5.11 Å². The molecule has 0 aliphatic heterocycles. The first-order chi connectivity index (χ1) is 9.51. The lowest BCUT2D eigenvalue weighted by molar-refractivity contribution is 0.137. The van der Waals surface area contributed by atoms with Crippen molar-refractivity contribution in [1.82, 2.24) is 10.3 Å². The number of halogens is 1. The number of aromatic nitrogens is 1. The predicted octanol–water partition coefficient (Wildman–Crippen LogP) is 3.86. The Hall–Kier alpha value is -0.100. The summed E-state index contributed by atoms with van der Waals surface area (Å²) in [5, 5.41) is 14.3. The van der Waals surface area contributed by atoms with Crippen molar-refractivity contribution in [1.29, 1.82) is 0 Å². The van der Waals surface area contributed by atoms with Crippen molar-refractivity contribution in [2.75, 3.05) is 12.4 Å². The Morgan fingerprint density at radius 3 is 2.70 bits per heavy atom. The van der Waals surface area contributed by atoms with Gasteiger partial charge in [0.25, 0.3) is 0 Å². The Bertz CT molecular complexity index is 380. The summed E-state index contributed by atoms with van der Waals surface area (Å²) in [7, 11) is 0. The van der Waals surface area contributed by atoms with Gasteiger partial charge >= 0.3 is 0 Å². The van der Waals surface area contributed by atoms with Gasteiger partial charge in [0.2, 0.25) is 0 Å². The predicted molar refractivity (Wildman–Crippen MR) is 90.3 cm³/mol. The first kappa shape index (κ1) is 18.0. The topological polar surface area (TPSA) is 45.2 Å². The van der Waals surface area contributed by atoms with Crippen LogP contribution in [0.3, 0.4) is 0 Å². The Morgan fingerprint density at radius 1 is 1.45 bits per heavy atom. The number of hydrogen-bond donors (Lipinski definition) is 2.